The summed E-state index contributed by atoms with van der Waals surface area (Å²) in [7, 11) is 0. The molecule has 1 aliphatic heterocycles. The van der Waals surface area contributed by atoms with Gasteiger partial charge in [0.15, 0.2) is 18.0 Å². The number of halogens is 6. The number of hydrogen-bond donors (Lipinski definition) is 2. The molecule has 1 saturated heterocycles. The second kappa shape index (κ2) is 7.94. The molecule has 4 heterocycles. The second-order valence-corrected chi connectivity index (χ2v) is 8.68. The first-order valence-electron chi connectivity index (χ1n) is 10.7. The summed E-state index contributed by atoms with van der Waals surface area (Å²) in [4.78, 5) is 6.32. The van der Waals surface area contributed by atoms with Gasteiger partial charge in [0.05, 0.1) is 11.4 Å². The maximum atomic E-state index is 13.5. The molecule has 2 unspecified atom stereocenters. The molecular weight excluding hydrogens is 468 g/mol. The Morgan fingerprint density at radius 2 is 1.82 bits per heavy atom. The van der Waals surface area contributed by atoms with E-state index in [1.807, 2.05) is 13.1 Å². The third-order valence-electron chi connectivity index (χ3n) is 6.40. The predicted molar refractivity (Wildman–Crippen MR) is 109 cm³/mol. The Labute approximate surface area is 189 Å². The van der Waals surface area contributed by atoms with Crippen LogP contribution in [0.15, 0.2) is 18.3 Å². The van der Waals surface area contributed by atoms with Crippen molar-refractivity contribution in [1.29, 1.82) is 0 Å². The van der Waals surface area contributed by atoms with Gasteiger partial charge in [0.1, 0.15) is 5.69 Å². The third-order valence-corrected chi connectivity index (χ3v) is 6.40. The largest absolute Gasteiger partial charge is 0.480 e. The highest BCUT2D eigenvalue weighted by molar-refractivity contribution is 5.57. The number of nitrogens with zero attached hydrogens (tertiary/aromatic N) is 5. The molecule has 184 valence electrons. The maximum absolute atomic E-state index is 13.5. The van der Waals surface area contributed by atoms with Gasteiger partial charge in [-0.2, -0.15) is 36.4 Å². The third kappa shape index (κ3) is 4.20. The molecule has 1 aliphatic carbocycles. The molecule has 2 N–H and O–H groups in total. The van der Waals surface area contributed by atoms with Crippen molar-refractivity contribution >= 4 is 17.3 Å². The van der Waals surface area contributed by atoms with Crippen LogP contribution in [-0.2, 0) is 6.18 Å². The number of aromatic nitrogens is 5. The number of anilines is 2. The van der Waals surface area contributed by atoms with Crippen LogP contribution in [0.1, 0.15) is 24.2 Å². The van der Waals surface area contributed by atoms with Gasteiger partial charge in [0, 0.05) is 25.3 Å². The monoisotopic (exact) mass is 489 g/mol. The van der Waals surface area contributed by atoms with Gasteiger partial charge in [-0.25, -0.2) is 4.52 Å². The van der Waals surface area contributed by atoms with Gasteiger partial charge in [-0.3, -0.25) is 5.10 Å². The van der Waals surface area contributed by atoms with Crippen molar-refractivity contribution in [2.45, 2.75) is 38.2 Å². The highest BCUT2D eigenvalue weighted by Gasteiger charge is 2.43. The quantitative estimate of drug-likeness (QED) is 0.527. The summed E-state index contributed by atoms with van der Waals surface area (Å²) in [6, 6.07) is 1.39. The van der Waals surface area contributed by atoms with Crippen LogP contribution in [0.4, 0.5) is 38.0 Å². The lowest BCUT2D eigenvalue weighted by molar-refractivity contribution is -0.153. The van der Waals surface area contributed by atoms with Crippen molar-refractivity contribution in [3.05, 3.63) is 29.7 Å². The number of ether oxygens (including phenoxy) is 1. The zero-order valence-corrected chi connectivity index (χ0v) is 17.9. The first kappa shape index (κ1) is 22.6. The number of nitrogens with one attached hydrogen (secondary N) is 2. The average molecular weight is 489 g/mol. The Hall–Kier alpha value is -3.19. The van der Waals surface area contributed by atoms with E-state index in [0.29, 0.717) is 10.6 Å². The highest BCUT2D eigenvalue weighted by atomic mass is 19.4. The van der Waals surface area contributed by atoms with E-state index < -0.39 is 36.1 Å². The van der Waals surface area contributed by atoms with Gasteiger partial charge >= 0.3 is 12.4 Å². The van der Waals surface area contributed by atoms with Crippen molar-refractivity contribution in [1.82, 2.24) is 24.8 Å². The van der Waals surface area contributed by atoms with Crippen LogP contribution < -0.4 is 15.0 Å². The molecule has 14 heteroatoms. The first-order chi connectivity index (χ1) is 16.0. The number of hydrogen-bond acceptors (Lipinski definition) is 6. The van der Waals surface area contributed by atoms with E-state index in [0.717, 1.165) is 43.4 Å². The van der Waals surface area contributed by atoms with E-state index in [9.17, 15) is 26.3 Å². The zero-order chi connectivity index (χ0) is 24.3. The molecule has 34 heavy (non-hydrogen) atoms. The van der Waals surface area contributed by atoms with Crippen molar-refractivity contribution < 1.29 is 31.1 Å². The lowest BCUT2D eigenvalue weighted by Gasteiger charge is -2.39. The van der Waals surface area contributed by atoms with E-state index >= 15 is 0 Å². The molecule has 1 saturated carbocycles. The van der Waals surface area contributed by atoms with E-state index in [1.165, 1.54) is 0 Å². The zero-order valence-electron chi connectivity index (χ0n) is 17.9. The van der Waals surface area contributed by atoms with Crippen molar-refractivity contribution in [2.75, 3.05) is 29.9 Å². The summed E-state index contributed by atoms with van der Waals surface area (Å²) in [5.74, 6) is -0.118. The van der Waals surface area contributed by atoms with E-state index in [1.54, 1.807) is 0 Å². The smallest absolute Gasteiger partial charge is 0.433 e. The molecule has 8 nitrogen and oxygen atoms in total. The Balaban J connectivity index is 1.41. The fourth-order valence-corrected chi connectivity index (χ4v) is 4.96. The molecule has 2 atom stereocenters. The molecule has 0 radical (unpaired) electrons. The standard InChI is InChI=1S/C20H21F6N7O/c1-10-13(6-27-30-10)32-7-11-2-3-12(8-32)16(11)28-18-29-17-14(34-9-19(21,22)23)4-5-15(20(24,25)26)33(17)31-18/h4-6,11-12,16H,2-3,7-9H2,1H3,(H,27,30)(H,28,31). The molecule has 3 aromatic rings. The molecule has 2 fully saturated rings. The summed E-state index contributed by atoms with van der Waals surface area (Å²) >= 11 is 0. The average Bonchev–Trinajstić information content (AvgIpc) is 3.41. The fraction of sp³-hybridized carbons (Fsp3) is 0.550. The maximum Gasteiger partial charge on any atom is 0.433 e. The summed E-state index contributed by atoms with van der Waals surface area (Å²) in [5, 5.41) is 14.1. The first-order valence-corrected chi connectivity index (χ1v) is 10.7. The fourth-order valence-electron chi connectivity index (χ4n) is 4.96. The van der Waals surface area contributed by atoms with Gasteiger partial charge in [0.2, 0.25) is 5.95 Å². The summed E-state index contributed by atoms with van der Waals surface area (Å²) < 4.78 is 83.5. The van der Waals surface area contributed by atoms with Crippen molar-refractivity contribution in [3.8, 4) is 5.75 Å². The van der Waals surface area contributed by atoms with E-state index in [2.05, 4.69) is 30.5 Å². The van der Waals surface area contributed by atoms with Gasteiger partial charge in [-0.05, 0) is 43.7 Å². The van der Waals surface area contributed by atoms with Crippen LogP contribution in [0, 0.1) is 18.8 Å². The number of aromatic amines is 1. The van der Waals surface area contributed by atoms with Gasteiger partial charge in [-0.15, -0.1) is 5.10 Å². The number of fused-ring (bicyclic) bond motifs is 3. The van der Waals surface area contributed by atoms with Crippen molar-refractivity contribution in [3.63, 3.8) is 0 Å². The normalized spacial score (nSPS) is 23.0. The molecule has 3 aromatic heterocycles. The Bertz CT molecular complexity index is 1170. The van der Waals surface area contributed by atoms with Crippen LogP contribution in [0.3, 0.4) is 0 Å². The van der Waals surface area contributed by atoms with Crippen LogP contribution >= 0.6 is 0 Å². The second-order valence-electron chi connectivity index (χ2n) is 8.68. The molecular formula is C20H21F6N7O. The number of rotatable bonds is 5. The van der Waals surface area contributed by atoms with E-state index in [4.69, 9.17) is 4.74 Å². The molecule has 0 amide bonds. The SMILES string of the molecule is Cc1n[nH]cc1N1CC2CCC(C1)C2Nc1nc2c(OCC(F)(F)F)ccc(C(F)(F)F)n2n1. The van der Waals surface area contributed by atoms with Gasteiger partial charge in [-0.1, -0.05) is 0 Å². The lowest BCUT2D eigenvalue weighted by atomic mass is 9.92. The van der Waals surface area contributed by atoms with Crippen LogP contribution in [0.5, 0.6) is 5.75 Å². The number of H-pyrrole nitrogens is 1. The number of alkyl halides is 6. The van der Waals surface area contributed by atoms with Crippen LogP contribution in [0.2, 0.25) is 0 Å². The van der Waals surface area contributed by atoms with Crippen LogP contribution in [0.25, 0.3) is 5.65 Å². The van der Waals surface area contributed by atoms with E-state index in [-0.39, 0.29) is 23.8 Å². The van der Waals surface area contributed by atoms with Crippen molar-refractivity contribution in [2.24, 2.45) is 11.8 Å². The van der Waals surface area contributed by atoms with Gasteiger partial charge in [0.25, 0.3) is 0 Å². The Morgan fingerprint density at radius 3 is 2.41 bits per heavy atom. The highest BCUT2D eigenvalue weighted by Crippen LogP contribution is 2.41. The van der Waals surface area contributed by atoms with Gasteiger partial charge < -0.3 is 15.0 Å². The molecule has 5 rings (SSSR count). The lowest BCUT2D eigenvalue weighted by Crippen LogP contribution is -2.48. The summed E-state index contributed by atoms with van der Waals surface area (Å²) in [6.07, 6.45) is -5.74. The Morgan fingerprint density at radius 1 is 1.12 bits per heavy atom. The molecule has 2 bridgehead atoms. The number of pyridine rings is 1. The van der Waals surface area contributed by atoms with Crippen LogP contribution in [-0.4, -0.2) is 56.7 Å². The minimum absolute atomic E-state index is 0.0743. The molecule has 0 aromatic carbocycles. The minimum Gasteiger partial charge on any atom is -0.480 e. The molecule has 2 aliphatic rings. The Kier molecular flexibility index (Phi) is 5.28. The molecule has 0 spiro atoms. The predicted octanol–water partition coefficient (Wildman–Crippen LogP) is 4.05. The number of piperidine rings is 1. The topological polar surface area (TPSA) is 83.4 Å². The minimum atomic E-state index is -4.78. The summed E-state index contributed by atoms with van der Waals surface area (Å²) in [6.45, 7) is 1.72. The summed E-state index contributed by atoms with van der Waals surface area (Å²) in [5.41, 5.74) is 0.317. The number of aryl methyl sites for hydroxylation is 1.